The quantitative estimate of drug-likeness (QED) is 0.435. The predicted molar refractivity (Wildman–Crippen MR) is 113 cm³/mol. The fourth-order valence-electron chi connectivity index (χ4n) is 2.87. The number of nitrogens with two attached hydrogens (primary N) is 2. The summed E-state index contributed by atoms with van der Waals surface area (Å²) in [5, 5.41) is 15.0. The Morgan fingerprint density at radius 1 is 1.24 bits per heavy atom. The number of hydrogen-bond acceptors (Lipinski definition) is 7. The molecule has 148 valence electrons. The molecule has 0 saturated heterocycles. The number of carbonyl (C=O) groups excluding carboxylic acids is 1. The number of primary amides is 1. The van der Waals surface area contributed by atoms with Gasteiger partial charge in [0.2, 0.25) is 0 Å². The number of carbonyl (C=O) groups is 1. The van der Waals surface area contributed by atoms with Gasteiger partial charge in [0, 0.05) is 23.3 Å². The van der Waals surface area contributed by atoms with E-state index in [0.29, 0.717) is 5.69 Å². The first-order valence-electron chi connectivity index (χ1n) is 9.22. The zero-order valence-electron chi connectivity index (χ0n) is 16.5. The lowest BCUT2D eigenvalue weighted by Crippen LogP contribution is -2.43. The molecule has 0 aliphatic rings. The Hall–Kier alpha value is -3.70. The van der Waals surface area contributed by atoms with E-state index >= 15 is 0 Å². The van der Waals surface area contributed by atoms with Crippen LogP contribution in [-0.4, -0.2) is 21.9 Å². The summed E-state index contributed by atoms with van der Waals surface area (Å²) in [4.78, 5) is 20.8. The molecule has 2 aromatic heterocycles. The fraction of sp³-hybridized carbons (Fsp3) is 0.238. The van der Waals surface area contributed by atoms with Crippen molar-refractivity contribution in [1.29, 1.82) is 5.26 Å². The van der Waals surface area contributed by atoms with E-state index in [9.17, 15) is 10.1 Å². The Morgan fingerprint density at radius 2 is 2.00 bits per heavy atom. The molecule has 0 bridgehead atoms. The number of pyridine rings is 2. The first kappa shape index (κ1) is 20.0. The molecule has 29 heavy (non-hydrogen) atoms. The number of anilines is 3. The molecular formula is C21H23N7O. The topological polar surface area (TPSA) is 134 Å². The van der Waals surface area contributed by atoms with Crippen LogP contribution in [0.1, 0.15) is 36.7 Å². The van der Waals surface area contributed by atoms with Crippen LogP contribution in [0.15, 0.2) is 42.6 Å². The van der Waals surface area contributed by atoms with Crippen molar-refractivity contribution in [1.82, 2.24) is 9.97 Å². The number of nitrogens with one attached hydrogen (secondary N) is 1. The van der Waals surface area contributed by atoms with E-state index < -0.39 is 5.91 Å². The van der Waals surface area contributed by atoms with Crippen LogP contribution in [0.5, 0.6) is 0 Å². The molecule has 1 atom stereocenters. The molecule has 0 spiro atoms. The van der Waals surface area contributed by atoms with Crippen LogP contribution in [0.25, 0.3) is 10.9 Å². The summed E-state index contributed by atoms with van der Waals surface area (Å²) < 4.78 is 0. The highest BCUT2D eigenvalue weighted by Gasteiger charge is 2.23. The predicted octanol–water partition coefficient (Wildman–Crippen LogP) is 3.07. The smallest absolute Gasteiger partial charge is 0.252 e. The highest BCUT2D eigenvalue weighted by molar-refractivity contribution is 5.99. The van der Waals surface area contributed by atoms with Gasteiger partial charge in [0.05, 0.1) is 16.6 Å². The number of amides is 1. The van der Waals surface area contributed by atoms with Gasteiger partial charge < -0.3 is 11.1 Å². The van der Waals surface area contributed by atoms with Gasteiger partial charge >= 0.3 is 0 Å². The molecule has 0 fully saturated rings. The van der Waals surface area contributed by atoms with Crippen LogP contribution in [0.2, 0.25) is 0 Å². The molecule has 3 rings (SSSR count). The number of fused-ring (bicyclic) bond motifs is 1. The number of hydrazine groups is 1. The summed E-state index contributed by atoms with van der Waals surface area (Å²) >= 11 is 0. The SMILES string of the molecule is CC(C)C(C)N(N)c1nc(Nc2ccc3ncccc3c2)c(C(N)=O)cc1C#N. The minimum Gasteiger partial charge on any atom is -0.365 e. The summed E-state index contributed by atoms with van der Waals surface area (Å²) in [7, 11) is 0. The molecule has 1 amide bonds. The Bertz CT molecular complexity index is 1100. The molecule has 1 aromatic carbocycles. The molecule has 0 aliphatic heterocycles. The Morgan fingerprint density at radius 3 is 2.66 bits per heavy atom. The molecule has 0 saturated carbocycles. The highest BCUT2D eigenvalue weighted by Crippen LogP contribution is 2.28. The largest absolute Gasteiger partial charge is 0.365 e. The minimum absolute atomic E-state index is 0.0754. The van der Waals surface area contributed by atoms with Gasteiger partial charge in [-0.25, -0.2) is 10.8 Å². The summed E-state index contributed by atoms with van der Waals surface area (Å²) in [6.45, 7) is 5.99. The number of nitrogens with zero attached hydrogens (tertiary/aromatic N) is 4. The molecule has 2 heterocycles. The van der Waals surface area contributed by atoms with Crippen molar-refractivity contribution in [3.8, 4) is 6.07 Å². The Balaban J connectivity index is 2.09. The van der Waals surface area contributed by atoms with E-state index in [1.807, 2.05) is 51.1 Å². The van der Waals surface area contributed by atoms with Crippen molar-refractivity contribution in [3.05, 3.63) is 53.7 Å². The van der Waals surface area contributed by atoms with Crippen molar-refractivity contribution >= 4 is 34.1 Å². The van der Waals surface area contributed by atoms with E-state index in [-0.39, 0.29) is 34.7 Å². The molecule has 8 heteroatoms. The van der Waals surface area contributed by atoms with Crippen molar-refractivity contribution in [2.24, 2.45) is 17.5 Å². The average molecular weight is 389 g/mol. The number of rotatable bonds is 6. The van der Waals surface area contributed by atoms with Gasteiger partial charge in [-0.05, 0) is 43.2 Å². The van der Waals surface area contributed by atoms with Gasteiger partial charge in [-0.3, -0.25) is 14.8 Å². The lowest BCUT2D eigenvalue weighted by Gasteiger charge is -2.29. The summed E-state index contributed by atoms with van der Waals surface area (Å²) in [6, 6.07) is 12.8. The monoisotopic (exact) mass is 389 g/mol. The van der Waals surface area contributed by atoms with Crippen molar-refractivity contribution < 1.29 is 4.79 Å². The molecule has 1 unspecified atom stereocenters. The van der Waals surface area contributed by atoms with Crippen LogP contribution in [0.3, 0.4) is 0 Å². The Labute approximate surface area is 169 Å². The Kier molecular flexibility index (Phi) is 5.61. The van der Waals surface area contributed by atoms with Crippen molar-refractivity contribution in [3.63, 3.8) is 0 Å². The normalized spacial score (nSPS) is 11.9. The van der Waals surface area contributed by atoms with Gasteiger partial charge in [-0.2, -0.15) is 5.26 Å². The van der Waals surface area contributed by atoms with Gasteiger partial charge in [0.25, 0.3) is 5.91 Å². The maximum absolute atomic E-state index is 12.0. The standard InChI is InChI=1S/C21H23N7O/c1-12(2)13(3)28(24)21-15(11-22)10-17(19(23)29)20(27-21)26-16-6-7-18-14(9-16)5-4-8-25-18/h4-10,12-13H,24H2,1-3H3,(H2,23,29)(H,26,27). The van der Waals surface area contributed by atoms with Gasteiger partial charge in [-0.15, -0.1) is 0 Å². The van der Waals surface area contributed by atoms with Gasteiger partial charge in [0.1, 0.15) is 11.9 Å². The molecule has 5 N–H and O–H groups in total. The second-order valence-electron chi connectivity index (χ2n) is 7.16. The number of hydrogen-bond donors (Lipinski definition) is 3. The lowest BCUT2D eigenvalue weighted by molar-refractivity contribution is 0.100. The van der Waals surface area contributed by atoms with Crippen LogP contribution < -0.4 is 21.9 Å². The summed E-state index contributed by atoms with van der Waals surface area (Å²) in [6.07, 6.45) is 1.72. The summed E-state index contributed by atoms with van der Waals surface area (Å²) in [5.74, 6) is 6.31. The van der Waals surface area contributed by atoms with Gasteiger partial charge in [-0.1, -0.05) is 19.9 Å². The third-order valence-electron chi connectivity index (χ3n) is 4.90. The van der Waals surface area contributed by atoms with Crippen LogP contribution in [0, 0.1) is 17.2 Å². The lowest BCUT2D eigenvalue weighted by atomic mass is 10.1. The van der Waals surface area contributed by atoms with E-state index in [2.05, 4.69) is 21.4 Å². The second kappa shape index (κ2) is 8.12. The number of benzene rings is 1. The van der Waals surface area contributed by atoms with Crippen LogP contribution >= 0.6 is 0 Å². The summed E-state index contributed by atoms with van der Waals surface area (Å²) in [5.41, 5.74) is 7.38. The first-order valence-corrected chi connectivity index (χ1v) is 9.22. The zero-order valence-corrected chi connectivity index (χ0v) is 16.5. The minimum atomic E-state index is -0.689. The molecule has 8 nitrogen and oxygen atoms in total. The van der Waals surface area contributed by atoms with E-state index in [1.54, 1.807) is 6.20 Å². The van der Waals surface area contributed by atoms with Crippen LogP contribution in [0.4, 0.5) is 17.3 Å². The average Bonchev–Trinajstić information content (AvgIpc) is 2.72. The van der Waals surface area contributed by atoms with Crippen LogP contribution in [-0.2, 0) is 0 Å². The zero-order chi connectivity index (χ0) is 21.1. The van der Waals surface area contributed by atoms with Crippen molar-refractivity contribution in [2.45, 2.75) is 26.8 Å². The molecular weight excluding hydrogens is 366 g/mol. The van der Waals surface area contributed by atoms with Crippen molar-refractivity contribution in [2.75, 3.05) is 10.3 Å². The number of aromatic nitrogens is 2. The third kappa shape index (κ3) is 4.10. The molecule has 3 aromatic rings. The maximum atomic E-state index is 12.0. The van der Waals surface area contributed by atoms with E-state index in [4.69, 9.17) is 11.6 Å². The first-order chi connectivity index (χ1) is 13.8. The maximum Gasteiger partial charge on any atom is 0.252 e. The van der Waals surface area contributed by atoms with E-state index in [0.717, 1.165) is 10.9 Å². The number of nitriles is 1. The highest BCUT2D eigenvalue weighted by atomic mass is 16.1. The molecule has 0 aliphatic carbocycles. The molecule has 0 radical (unpaired) electrons. The second-order valence-corrected chi connectivity index (χ2v) is 7.16. The third-order valence-corrected chi connectivity index (χ3v) is 4.90. The fourth-order valence-corrected chi connectivity index (χ4v) is 2.87. The van der Waals surface area contributed by atoms with Gasteiger partial charge in [0.15, 0.2) is 5.82 Å². The van der Waals surface area contributed by atoms with E-state index in [1.165, 1.54) is 11.1 Å².